The Kier molecular flexibility index (Phi) is 3.21. The van der Waals surface area contributed by atoms with Crippen LogP contribution in [0.1, 0.15) is 28.9 Å². The zero-order valence-electron chi connectivity index (χ0n) is 7.66. The van der Waals surface area contributed by atoms with Crippen LogP contribution in [0.5, 0.6) is 0 Å². The van der Waals surface area contributed by atoms with E-state index < -0.39 is 0 Å². The second-order valence-corrected chi connectivity index (χ2v) is 5.11. The zero-order valence-corrected chi connectivity index (χ0v) is 9.24. The third kappa shape index (κ3) is 2.35. The summed E-state index contributed by atoms with van der Waals surface area (Å²) in [5.74, 6) is 0.0359. The predicted molar refractivity (Wildman–Crippen MR) is 57.3 cm³/mol. The Hall–Kier alpha value is -0.380. The smallest absolute Gasteiger partial charge is 0.198 e. The molecule has 0 N–H and O–H groups in total. The Morgan fingerprint density at radius 1 is 1.57 bits per heavy atom. The molecule has 1 saturated carbocycles. The molecule has 2 nitrogen and oxygen atoms in total. The van der Waals surface area contributed by atoms with E-state index in [-0.39, 0.29) is 12.4 Å². The molecule has 1 aromatic rings. The second kappa shape index (κ2) is 4.43. The Bertz CT molecular complexity index is 331. The summed E-state index contributed by atoms with van der Waals surface area (Å²) in [6.07, 6.45) is 3.73. The van der Waals surface area contributed by atoms with Gasteiger partial charge in [0.1, 0.15) is 6.61 Å². The van der Waals surface area contributed by atoms with E-state index in [2.05, 4.69) is 0 Å². The van der Waals surface area contributed by atoms with Gasteiger partial charge in [-0.3, -0.25) is 4.79 Å². The van der Waals surface area contributed by atoms with Gasteiger partial charge in [0.15, 0.2) is 5.78 Å². The Morgan fingerprint density at radius 2 is 2.36 bits per heavy atom. The van der Waals surface area contributed by atoms with Crippen LogP contribution in [0.4, 0.5) is 0 Å². The Morgan fingerprint density at radius 3 is 2.86 bits per heavy atom. The first kappa shape index (κ1) is 10.1. The van der Waals surface area contributed by atoms with Crippen LogP contribution in [0.15, 0.2) is 12.1 Å². The molecule has 14 heavy (non-hydrogen) atoms. The number of ether oxygens (including phenoxy) is 1. The first-order chi connectivity index (χ1) is 6.75. The zero-order chi connectivity index (χ0) is 9.97. The van der Waals surface area contributed by atoms with Crippen molar-refractivity contribution in [2.45, 2.75) is 25.4 Å². The first-order valence-corrected chi connectivity index (χ1v) is 5.85. The lowest BCUT2D eigenvalue weighted by Crippen LogP contribution is -2.24. The molecular formula is C10H11ClO2S. The minimum Gasteiger partial charge on any atom is -0.370 e. The summed E-state index contributed by atoms with van der Waals surface area (Å²) >= 11 is 7.04. The fraction of sp³-hybridized carbons (Fsp3) is 0.500. The van der Waals surface area contributed by atoms with Crippen molar-refractivity contribution in [1.82, 2.24) is 0 Å². The average Bonchev–Trinajstić information content (AvgIpc) is 2.49. The van der Waals surface area contributed by atoms with Crippen LogP contribution in [0, 0.1) is 0 Å². The van der Waals surface area contributed by atoms with Crippen molar-refractivity contribution >= 4 is 28.7 Å². The number of Topliss-reactive ketones (excluding diaryl/α,β-unsaturated/α-hetero) is 1. The molecule has 4 heteroatoms. The average molecular weight is 231 g/mol. The third-order valence-electron chi connectivity index (χ3n) is 2.35. The summed E-state index contributed by atoms with van der Waals surface area (Å²) in [4.78, 5) is 12.2. The Balaban J connectivity index is 1.82. The number of rotatable bonds is 4. The number of halogens is 1. The summed E-state index contributed by atoms with van der Waals surface area (Å²) in [7, 11) is 0. The van der Waals surface area contributed by atoms with Crippen LogP contribution in [-0.2, 0) is 4.74 Å². The highest BCUT2D eigenvalue weighted by Crippen LogP contribution is 2.24. The van der Waals surface area contributed by atoms with Gasteiger partial charge in [-0.1, -0.05) is 11.6 Å². The van der Waals surface area contributed by atoms with E-state index in [1.54, 1.807) is 12.1 Å². The maximum absolute atomic E-state index is 11.5. The van der Waals surface area contributed by atoms with Gasteiger partial charge in [0, 0.05) is 0 Å². The molecule has 0 bridgehead atoms. The highest BCUT2D eigenvalue weighted by molar-refractivity contribution is 7.18. The van der Waals surface area contributed by atoms with Crippen molar-refractivity contribution in [2.24, 2.45) is 0 Å². The molecule has 1 aromatic heterocycles. The van der Waals surface area contributed by atoms with Crippen molar-refractivity contribution in [3.63, 3.8) is 0 Å². The number of ketones is 1. The summed E-state index contributed by atoms with van der Waals surface area (Å²) < 4.78 is 6.07. The molecule has 0 aliphatic heterocycles. The van der Waals surface area contributed by atoms with Crippen LogP contribution in [0.3, 0.4) is 0 Å². The van der Waals surface area contributed by atoms with Crippen molar-refractivity contribution in [3.05, 3.63) is 21.3 Å². The SMILES string of the molecule is O=C(COC1CCC1)c1ccc(Cl)s1. The lowest BCUT2D eigenvalue weighted by molar-refractivity contribution is 0.00748. The third-order valence-corrected chi connectivity index (χ3v) is 3.62. The second-order valence-electron chi connectivity index (χ2n) is 3.39. The summed E-state index contributed by atoms with van der Waals surface area (Å²) in [6, 6.07) is 3.49. The molecule has 0 atom stereocenters. The molecule has 1 fully saturated rings. The van der Waals surface area contributed by atoms with Crippen LogP contribution < -0.4 is 0 Å². The normalized spacial score (nSPS) is 16.6. The first-order valence-electron chi connectivity index (χ1n) is 4.66. The topological polar surface area (TPSA) is 26.3 Å². The number of hydrogen-bond donors (Lipinski definition) is 0. The van der Waals surface area contributed by atoms with Crippen LogP contribution >= 0.6 is 22.9 Å². The number of thiophene rings is 1. The minimum absolute atomic E-state index is 0.0359. The van der Waals surface area contributed by atoms with E-state index in [4.69, 9.17) is 16.3 Å². The molecule has 1 heterocycles. The lowest BCUT2D eigenvalue weighted by atomic mass is 9.96. The summed E-state index contributed by atoms with van der Waals surface area (Å²) in [5.41, 5.74) is 0. The van der Waals surface area contributed by atoms with Gasteiger partial charge in [-0.2, -0.15) is 0 Å². The van der Waals surface area contributed by atoms with E-state index >= 15 is 0 Å². The molecule has 2 rings (SSSR count). The van der Waals surface area contributed by atoms with Gasteiger partial charge >= 0.3 is 0 Å². The molecule has 0 radical (unpaired) electrons. The molecule has 76 valence electrons. The fourth-order valence-corrected chi connectivity index (χ4v) is 2.23. The predicted octanol–water partition coefficient (Wildman–Crippen LogP) is 3.15. The highest BCUT2D eigenvalue weighted by Gasteiger charge is 2.19. The van der Waals surface area contributed by atoms with Gasteiger partial charge in [-0.25, -0.2) is 0 Å². The molecular weight excluding hydrogens is 220 g/mol. The van der Waals surface area contributed by atoms with Crippen molar-refractivity contribution < 1.29 is 9.53 Å². The Labute approximate surface area is 91.8 Å². The van der Waals surface area contributed by atoms with Gasteiger partial charge in [-0.15, -0.1) is 11.3 Å². The van der Waals surface area contributed by atoms with Gasteiger partial charge in [0.25, 0.3) is 0 Å². The molecule has 1 aliphatic rings. The van der Waals surface area contributed by atoms with Crippen LogP contribution in [0.2, 0.25) is 4.34 Å². The van der Waals surface area contributed by atoms with Gasteiger partial charge < -0.3 is 4.74 Å². The highest BCUT2D eigenvalue weighted by atomic mass is 35.5. The summed E-state index contributed by atoms with van der Waals surface area (Å²) in [6.45, 7) is 0.196. The maximum atomic E-state index is 11.5. The van der Waals surface area contributed by atoms with Crippen molar-refractivity contribution in [2.75, 3.05) is 6.61 Å². The molecule has 0 unspecified atom stereocenters. The van der Waals surface area contributed by atoms with Gasteiger partial charge in [0.2, 0.25) is 0 Å². The maximum Gasteiger partial charge on any atom is 0.198 e. The van der Waals surface area contributed by atoms with Gasteiger partial charge in [-0.05, 0) is 31.4 Å². The van der Waals surface area contributed by atoms with Crippen molar-refractivity contribution in [1.29, 1.82) is 0 Å². The summed E-state index contributed by atoms with van der Waals surface area (Å²) in [5, 5.41) is 0. The monoisotopic (exact) mass is 230 g/mol. The largest absolute Gasteiger partial charge is 0.370 e. The van der Waals surface area contributed by atoms with E-state index in [0.29, 0.717) is 15.3 Å². The van der Waals surface area contributed by atoms with E-state index in [9.17, 15) is 4.79 Å². The standard InChI is InChI=1S/C10H11ClO2S/c11-10-5-4-9(14-10)8(12)6-13-7-2-1-3-7/h4-5,7H,1-3,6H2. The molecule has 0 amide bonds. The fourth-order valence-electron chi connectivity index (χ4n) is 1.27. The molecule has 1 aliphatic carbocycles. The molecule has 0 spiro atoms. The minimum atomic E-state index is 0.0359. The van der Waals surface area contributed by atoms with Crippen molar-refractivity contribution in [3.8, 4) is 0 Å². The van der Waals surface area contributed by atoms with E-state index in [1.807, 2.05) is 0 Å². The number of carbonyl (C=O) groups is 1. The van der Waals surface area contributed by atoms with Crippen LogP contribution in [0.25, 0.3) is 0 Å². The molecule has 0 saturated heterocycles. The van der Waals surface area contributed by atoms with Gasteiger partial charge in [0.05, 0.1) is 15.3 Å². The van der Waals surface area contributed by atoms with Crippen LogP contribution in [-0.4, -0.2) is 18.5 Å². The lowest BCUT2D eigenvalue weighted by Gasteiger charge is -2.24. The number of carbonyl (C=O) groups excluding carboxylic acids is 1. The quantitative estimate of drug-likeness (QED) is 0.743. The molecule has 0 aromatic carbocycles. The number of hydrogen-bond acceptors (Lipinski definition) is 3. The van der Waals surface area contributed by atoms with E-state index in [0.717, 1.165) is 12.8 Å². The van der Waals surface area contributed by atoms with E-state index in [1.165, 1.54) is 17.8 Å².